The lowest BCUT2D eigenvalue weighted by atomic mass is 10.2. The third-order valence-electron chi connectivity index (χ3n) is 3.46. The lowest BCUT2D eigenvalue weighted by molar-refractivity contribution is 0.0596. The highest BCUT2D eigenvalue weighted by atomic mass is 32.2. The summed E-state index contributed by atoms with van der Waals surface area (Å²) >= 11 is 0. The number of fused-ring (bicyclic) bond motifs is 1. The number of methoxy groups -OCH3 is 1. The van der Waals surface area contributed by atoms with Crippen molar-refractivity contribution in [2.45, 2.75) is 4.90 Å². The van der Waals surface area contributed by atoms with Gasteiger partial charge in [0.05, 0.1) is 23.9 Å². The molecule has 7 heteroatoms. The molecule has 0 bridgehead atoms. The van der Waals surface area contributed by atoms with Crippen LogP contribution in [0.15, 0.2) is 65.7 Å². The summed E-state index contributed by atoms with van der Waals surface area (Å²) in [5.41, 5.74) is 0.840. The van der Waals surface area contributed by atoms with Gasteiger partial charge in [0.2, 0.25) is 0 Å². The molecule has 2 aromatic carbocycles. The molecule has 6 nitrogen and oxygen atoms in total. The Bertz CT molecular complexity index is 1010. The first-order valence-corrected chi connectivity index (χ1v) is 8.55. The Morgan fingerprint density at radius 1 is 1.04 bits per heavy atom. The fraction of sp³-hybridized carbons (Fsp3) is 0.0588. The van der Waals surface area contributed by atoms with E-state index in [-0.39, 0.29) is 10.5 Å². The van der Waals surface area contributed by atoms with E-state index in [1.807, 2.05) is 12.1 Å². The molecule has 0 saturated heterocycles. The van der Waals surface area contributed by atoms with Crippen LogP contribution in [0.2, 0.25) is 0 Å². The van der Waals surface area contributed by atoms with Gasteiger partial charge in [-0.25, -0.2) is 13.2 Å². The quantitative estimate of drug-likeness (QED) is 0.737. The van der Waals surface area contributed by atoms with Crippen molar-refractivity contribution in [1.29, 1.82) is 0 Å². The maximum Gasteiger partial charge on any atom is 0.339 e. The van der Waals surface area contributed by atoms with Crippen molar-refractivity contribution in [3.8, 4) is 0 Å². The van der Waals surface area contributed by atoms with Crippen molar-refractivity contribution in [3.05, 3.63) is 66.4 Å². The number of pyridine rings is 1. The molecule has 0 aliphatic rings. The molecule has 0 amide bonds. The molecule has 0 aliphatic heterocycles. The molecule has 24 heavy (non-hydrogen) atoms. The highest BCUT2D eigenvalue weighted by molar-refractivity contribution is 7.92. The van der Waals surface area contributed by atoms with E-state index < -0.39 is 16.0 Å². The maximum atomic E-state index is 12.7. The lowest BCUT2D eigenvalue weighted by Gasteiger charge is -2.12. The molecule has 122 valence electrons. The maximum absolute atomic E-state index is 12.7. The third-order valence-corrected chi connectivity index (χ3v) is 4.88. The Morgan fingerprint density at radius 3 is 2.58 bits per heavy atom. The Kier molecular flexibility index (Phi) is 4.18. The molecule has 0 unspecified atom stereocenters. The molecule has 0 radical (unpaired) electrons. The van der Waals surface area contributed by atoms with Crippen molar-refractivity contribution < 1.29 is 17.9 Å². The van der Waals surface area contributed by atoms with Crippen molar-refractivity contribution in [1.82, 2.24) is 4.98 Å². The Morgan fingerprint density at radius 2 is 1.79 bits per heavy atom. The number of para-hydroxylation sites is 1. The zero-order chi connectivity index (χ0) is 17.2. The van der Waals surface area contributed by atoms with E-state index in [4.69, 9.17) is 0 Å². The van der Waals surface area contributed by atoms with Crippen LogP contribution in [0.25, 0.3) is 10.9 Å². The zero-order valence-corrected chi connectivity index (χ0v) is 13.6. The summed E-state index contributed by atoms with van der Waals surface area (Å²) in [6.45, 7) is 0. The minimum atomic E-state index is -3.98. The molecule has 3 aromatic rings. The number of aromatic nitrogens is 1. The van der Waals surface area contributed by atoms with Crippen molar-refractivity contribution in [3.63, 3.8) is 0 Å². The van der Waals surface area contributed by atoms with E-state index in [0.29, 0.717) is 11.2 Å². The Labute approximate surface area is 139 Å². The smallest absolute Gasteiger partial charge is 0.339 e. The van der Waals surface area contributed by atoms with E-state index in [1.54, 1.807) is 36.5 Å². The summed E-state index contributed by atoms with van der Waals surface area (Å²) in [4.78, 5) is 15.9. The number of nitrogens with zero attached hydrogens (tertiary/aromatic N) is 1. The Balaban J connectivity index is 2.08. The van der Waals surface area contributed by atoms with Gasteiger partial charge in [0.15, 0.2) is 0 Å². The standard InChI is InChI=1S/C17H14N2O4S/c1-23-17(20)13-8-2-3-10-15(13)24(21,22)19-14-9-4-6-12-7-5-11-18-16(12)14/h2-11,19H,1H3. The van der Waals surface area contributed by atoms with Crippen LogP contribution in [0.1, 0.15) is 10.4 Å². The number of nitrogens with one attached hydrogen (secondary N) is 1. The van der Waals surface area contributed by atoms with Crippen LogP contribution in [-0.2, 0) is 14.8 Å². The van der Waals surface area contributed by atoms with Gasteiger partial charge in [0.1, 0.15) is 4.90 Å². The van der Waals surface area contributed by atoms with E-state index in [9.17, 15) is 13.2 Å². The number of esters is 1. The number of hydrogen-bond donors (Lipinski definition) is 1. The van der Waals surface area contributed by atoms with Crippen molar-refractivity contribution in [2.24, 2.45) is 0 Å². The lowest BCUT2D eigenvalue weighted by Crippen LogP contribution is -2.17. The number of rotatable bonds is 4. The second-order valence-electron chi connectivity index (χ2n) is 4.97. The predicted molar refractivity (Wildman–Crippen MR) is 90.3 cm³/mol. The topological polar surface area (TPSA) is 85.4 Å². The van der Waals surface area contributed by atoms with Gasteiger partial charge in [0, 0.05) is 11.6 Å². The van der Waals surface area contributed by atoms with Gasteiger partial charge in [0.25, 0.3) is 10.0 Å². The normalized spacial score (nSPS) is 11.2. The van der Waals surface area contributed by atoms with Gasteiger partial charge in [-0.15, -0.1) is 0 Å². The summed E-state index contributed by atoms with van der Waals surface area (Å²) in [6.07, 6.45) is 1.59. The van der Waals surface area contributed by atoms with E-state index in [2.05, 4.69) is 14.4 Å². The van der Waals surface area contributed by atoms with Crippen LogP contribution in [-0.4, -0.2) is 26.5 Å². The minimum Gasteiger partial charge on any atom is -0.465 e. The summed E-state index contributed by atoms with van der Waals surface area (Å²) < 4.78 is 32.6. The molecule has 1 heterocycles. The van der Waals surface area contributed by atoms with Gasteiger partial charge >= 0.3 is 5.97 Å². The van der Waals surface area contributed by atoms with E-state index in [1.165, 1.54) is 19.2 Å². The fourth-order valence-electron chi connectivity index (χ4n) is 2.37. The van der Waals surface area contributed by atoms with Crippen LogP contribution < -0.4 is 4.72 Å². The minimum absolute atomic E-state index is 0.0271. The molecule has 0 fully saturated rings. The van der Waals surface area contributed by atoms with Crippen LogP contribution in [0.5, 0.6) is 0 Å². The first-order chi connectivity index (χ1) is 11.5. The van der Waals surface area contributed by atoms with Gasteiger partial charge < -0.3 is 4.74 Å². The molecule has 0 saturated carbocycles. The largest absolute Gasteiger partial charge is 0.465 e. The number of ether oxygens (including phenoxy) is 1. The molecule has 0 atom stereocenters. The summed E-state index contributed by atoms with van der Waals surface area (Å²) in [5, 5.41) is 0.805. The second-order valence-corrected chi connectivity index (χ2v) is 6.62. The number of hydrogen-bond acceptors (Lipinski definition) is 5. The van der Waals surface area contributed by atoms with Gasteiger partial charge in [-0.2, -0.15) is 0 Å². The highest BCUT2D eigenvalue weighted by Gasteiger charge is 2.23. The average Bonchev–Trinajstić information content (AvgIpc) is 2.61. The Hall–Kier alpha value is -2.93. The van der Waals surface area contributed by atoms with Crippen LogP contribution >= 0.6 is 0 Å². The van der Waals surface area contributed by atoms with Crippen LogP contribution in [0.3, 0.4) is 0 Å². The van der Waals surface area contributed by atoms with Crippen LogP contribution in [0.4, 0.5) is 5.69 Å². The van der Waals surface area contributed by atoms with E-state index in [0.717, 1.165) is 5.39 Å². The van der Waals surface area contributed by atoms with E-state index >= 15 is 0 Å². The molecular weight excluding hydrogens is 328 g/mol. The average molecular weight is 342 g/mol. The number of carbonyl (C=O) groups excluding carboxylic acids is 1. The number of carbonyl (C=O) groups is 1. The molecule has 0 aliphatic carbocycles. The SMILES string of the molecule is COC(=O)c1ccccc1S(=O)(=O)Nc1cccc2cccnc12. The fourth-order valence-corrected chi connectivity index (χ4v) is 3.63. The van der Waals surface area contributed by atoms with Gasteiger partial charge in [-0.3, -0.25) is 9.71 Å². The first-order valence-electron chi connectivity index (χ1n) is 7.07. The van der Waals surface area contributed by atoms with Crippen molar-refractivity contribution in [2.75, 3.05) is 11.8 Å². The molecule has 1 N–H and O–H groups in total. The summed E-state index contributed by atoms with van der Waals surface area (Å²) in [6, 6.07) is 14.7. The summed E-state index contributed by atoms with van der Waals surface area (Å²) in [5.74, 6) is -0.716. The zero-order valence-electron chi connectivity index (χ0n) is 12.8. The van der Waals surface area contributed by atoms with Gasteiger partial charge in [-0.1, -0.05) is 30.3 Å². The number of anilines is 1. The number of sulfonamides is 1. The molecular formula is C17H14N2O4S. The van der Waals surface area contributed by atoms with Crippen molar-refractivity contribution >= 4 is 32.6 Å². The second kappa shape index (κ2) is 6.29. The van der Waals surface area contributed by atoms with Gasteiger partial charge in [-0.05, 0) is 24.3 Å². The number of benzene rings is 2. The molecule has 1 aromatic heterocycles. The third kappa shape index (κ3) is 2.93. The summed E-state index contributed by atoms with van der Waals surface area (Å²) in [7, 11) is -2.78. The molecule has 0 spiro atoms. The predicted octanol–water partition coefficient (Wildman–Crippen LogP) is 2.82. The monoisotopic (exact) mass is 342 g/mol. The first kappa shape index (κ1) is 15.9. The highest BCUT2D eigenvalue weighted by Crippen LogP contribution is 2.25. The molecule has 3 rings (SSSR count). The van der Waals surface area contributed by atoms with Crippen LogP contribution in [0, 0.1) is 0 Å².